The second-order valence-corrected chi connectivity index (χ2v) is 6.01. The molecule has 0 aliphatic rings. The molecule has 0 bridgehead atoms. The van der Waals surface area contributed by atoms with Gasteiger partial charge in [-0.3, -0.25) is 0 Å². The molecule has 0 radical (unpaired) electrons. The van der Waals surface area contributed by atoms with Crippen LogP contribution in [-0.4, -0.2) is 0 Å². The van der Waals surface area contributed by atoms with Gasteiger partial charge in [0.25, 0.3) is 0 Å². The number of benzene rings is 2. The van der Waals surface area contributed by atoms with Gasteiger partial charge in [0.2, 0.25) is 0 Å². The summed E-state index contributed by atoms with van der Waals surface area (Å²) in [5.41, 5.74) is 4.78. The maximum absolute atomic E-state index is 13.1. The molecule has 0 heterocycles. The van der Waals surface area contributed by atoms with Crippen LogP contribution in [0.25, 0.3) is 0 Å². The zero-order valence-corrected chi connectivity index (χ0v) is 13.5. The Morgan fingerprint density at radius 2 is 1.84 bits per heavy atom. The van der Waals surface area contributed by atoms with Gasteiger partial charge in [-0.05, 0) is 72.7 Å². The molecule has 0 fully saturated rings. The fourth-order valence-corrected chi connectivity index (χ4v) is 2.86. The molecule has 0 saturated heterocycles. The smallest absolute Gasteiger partial charge is 0.124 e. The van der Waals surface area contributed by atoms with Crippen molar-refractivity contribution in [1.29, 1.82) is 0 Å². The summed E-state index contributed by atoms with van der Waals surface area (Å²) in [6.45, 7) is 6.34. The lowest BCUT2D eigenvalue weighted by molar-refractivity contribution is 0.627. The monoisotopic (exact) mass is 369 g/mol. The fraction of sp³-hybridized carbons (Fsp3) is 0.250. The van der Waals surface area contributed by atoms with Gasteiger partial charge in [0.15, 0.2) is 0 Å². The summed E-state index contributed by atoms with van der Waals surface area (Å²) in [7, 11) is 0. The van der Waals surface area contributed by atoms with E-state index in [4.69, 9.17) is 0 Å². The fourth-order valence-electron chi connectivity index (χ4n) is 2.23. The highest BCUT2D eigenvalue weighted by atomic mass is 127. The molecular formula is C16H17FIN. The van der Waals surface area contributed by atoms with E-state index in [-0.39, 0.29) is 11.9 Å². The second-order valence-electron chi connectivity index (χ2n) is 4.85. The van der Waals surface area contributed by atoms with Crippen LogP contribution in [0.15, 0.2) is 36.4 Å². The number of anilines is 1. The normalized spacial score (nSPS) is 12.3. The third kappa shape index (κ3) is 3.47. The first-order valence-corrected chi connectivity index (χ1v) is 7.34. The standard InChI is InChI=1S/C16H17FIN/c1-10-4-6-14(11(2)8-10)12(3)19-16-7-5-13(17)9-15(16)18/h4-9,12,19H,1-3H3. The molecule has 0 saturated carbocycles. The average Bonchev–Trinajstić information content (AvgIpc) is 2.32. The van der Waals surface area contributed by atoms with Crippen molar-refractivity contribution in [2.45, 2.75) is 26.8 Å². The highest BCUT2D eigenvalue weighted by molar-refractivity contribution is 14.1. The molecule has 1 N–H and O–H groups in total. The van der Waals surface area contributed by atoms with Gasteiger partial charge in [-0.1, -0.05) is 23.8 Å². The molecule has 0 amide bonds. The molecule has 0 aromatic heterocycles. The molecule has 19 heavy (non-hydrogen) atoms. The molecule has 1 nitrogen and oxygen atoms in total. The van der Waals surface area contributed by atoms with E-state index in [1.54, 1.807) is 6.07 Å². The minimum Gasteiger partial charge on any atom is -0.378 e. The van der Waals surface area contributed by atoms with Gasteiger partial charge in [-0.15, -0.1) is 0 Å². The van der Waals surface area contributed by atoms with E-state index in [9.17, 15) is 4.39 Å². The number of hydrogen-bond acceptors (Lipinski definition) is 1. The lowest BCUT2D eigenvalue weighted by Gasteiger charge is -2.19. The average molecular weight is 369 g/mol. The van der Waals surface area contributed by atoms with Gasteiger partial charge < -0.3 is 5.32 Å². The molecule has 1 atom stereocenters. The molecule has 100 valence electrons. The number of nitrogens with one attached hydrogen (secondary N) is 1. The molecule has 0 aliphatic heterocycles. The van der Waals surface area contributed by atoms with Gasteiger partial charge in [0.1, 0.15) is 5.82 Å². The first-order valence-electron chi connectivity index (χ1n) is 6.26. The predicted molar refractivity (Wildman–Crippen MR) is 87.1 cm³/mol. The Morgan fingerprint density at radius 1 is 1.11 bits per heavy atom. The Balaban J connectivity index is 2.23. The summed E-state index contributed by atoms with van der Waals surface area (Å²) >= 11 is 2.15. The Morgan fingerprint density at radius 3 is 2.47 bits per heavy atom. The second kappa shape index (κ2) is 5.90. The minimum absolute atomic E-state index is 0.194. The summed E-state index contributed by atoms with van der Waals surface area (Å²) in [6.07, 6.45) is 0. The van der Waals surface area contributed by atoms with E-state index in [2.05, 4.69) is 66.9 Å². The number of aryl methyl sites for hydroxylation is 2. The first-order chi connectivity index (χ1) is 8.97. The van der Waals surface area contributed by atoms with Gasteiger partial charge in [0, 0.05) is 15.3 Å². The highest BCUT2D eigenvalue weighted by Crippen LogP contribution is 2.26. The zero-order chi connectivity index (χ0) is 14.0. The summed E-state index contributed by atoms with van der Waals surface area (Å²) < 4.78 is 14.0. The number of halogens is 2. The SMILES string of the molecule is Cc1ccc(C(C)Nc2ccc(F)cc2I)c(C)c1. The summed E-state index contributed by atoms with van der Waals surface area (Å²) in [5.74, 6) is -0.200. The molecule has 3 heteroatoms. The largest absolute Gasteiger partial charge is 0.378 e. The summed E-state index contributed by atoms with van der Waals surface area (Å²) in [5, 5.41) is 3.44. The van der Waals surface area contributed by atoms with E-state index in [0.29, 0.717) is 0 Å². The van der Waals surface area contributed by atoms with Crippen molar-refractivity contribution in [3.8, 4) is 0 Å². The Kier molecular flexibility index (Phi) is 4.45. The third-order valence-electron chi connectivity index (χ3n) is 3.19. The van der Waals surface area contributed by atoms with Gasteiger partial charge in [-0.2, -0.15) is 0 Å². The van der Waals surface area contributed by atoms with Crippen LogP contribution in [0.3, 0.4) is 0 Å². The quantitative estimate of drug-likeness (QED) is 0.732. The maximum Gasteiger partial charge on any atom is 0.124 e. The number of hydrogen-bond donors (Lipinski definition) is 1. The Hall–Kier alpha value is -1.10. The lowest BCUT2D eigenvalue weighted by atomic mass is 10.00. The summed E-state index contributed by atoms with van der Waals surface area (Å²) in [4.78, 5) is 0. The third-order valence-corrected chi connectivity index (χ3v) is 4.09. The Labute approximate surface area is 127 Å². The van der Waals surface area contributed by atoms with Gasteiger partial charge in [-0.25, -0.2) is 4.39 Å². The van der Waals surface area contributed by atoms with Crippen LogP contribution in [0.1, 0.15) is 29.7 Å². The predicted octanol–water partition coefficient (Wildman–Crippen LogP) is 5.22. The van der Waals surface area contributed by atoms with Crippen molar-refractivity contribution in [2.75, 3.05) is 5.32 Å². The van der Waals surface area contributed by atoms with Crippen LogP contribution in [0, 0.1) is 23.2 Å². The van der Waals surface area contributed by atoms with Crippen LogP contribution in [0.4, 0.5) is 10.1 Å². The van der Waals surface area contributed by atoms with Crippen molar-refractivity contribution in [2.24, 2.45) is 0 Å². The van der Waals surface area contributed by atoms with E-state index in [0.717, 1.165) is 9.26 Å². The van der Waals surface area contributed by atoms with Crippen LogP contribution in [0.5, 0.6) is 0 Å². The molecular weight excluding hydrogens is 352 g/mol. The molecule has 0 aliphatic carbocycles. The van der Waals surface area contributed by atoms with Crippen molar-refractivity contribution >= 4 is 28.3 Å². The van der Waals surface area contributed by atoms with Gasteiger partial charge in [0.05, 0.1) is 0 Å². The van der Waals surface area contributed by atoms with Crippen LogP contribution in [-0.2, 0) is 0 Å². The molecule has 2 aromatic rings. The maximum atomic E-state index is 13.1. The highest BCUT2D eigenvalue weighted by Gasteiger charge is 2.10. The van der Waals surface area contributed by atoms with E-state index >= 15 is 0 Å². The van der Waals surface area contributed by atoms with Crippen molar-refractivity contribution < 1.29 is 4.39 Å². The van der Waals surface area contributed by atoms with Crippen LogP contribution >= 0.6 is 22.6 Å². The molecule has 1 unspecified atom stereocenters. The van der Waals surface area contributed by atoms with Crippen LogP contribution < -0.4 is 5.32 Å². The van der Waals surface area contributed by atoms with Crippen LogP contribution in [0.2, 0.25) is 0 Å². The van der Waals surface area contributed by atoms with E-state index in [1.807, 2.05) is 0 Å². The van der Waals surface area contributed by atoms with Crippen molar-refractivity contribution in [1.82, 2.24) is 0 Å². The summed E-state index contributed by atoms with van der Waals surface area (Å²) in [6, 6.07) is 11.5. The first kappa shape index (κ1) is 14.3. The molecule has 0 spiro atoms. The minimum atomic E-state index is -0.200. The topological polar surface area (TPSA) is 12.0 Å². The van der Waals surface area contributed by atoms with E-state index in [1.165, 1.54) is 28.8 Å². The molecule has 2 aromatic carbocycles. The molecule has 2 rings (SSSR count). The zero-order valence-electron chi connectivity index (χ0n) is 11.3. The van der Waals surface area contributed by atoms with E-state index < -0.39 is 0 Å². The van der Waals surface area contributed by atoms with Crippen molar-refractivity contribution in [3.05, 3.63) is 62.5 Å². The lowest BCUT2D eigenvalue weighted by Crippen LogP contribution is -2.09. The van der Waals surface area contributed by atoms with Gasteiger partial charge >= 0.3 is 0 Å². The number of rotatable bonds is 3. The Bertz CT molecular complexity index is 595. The van der Waals surface area contributed by atoms with Crippen molar-refractivity contribution in [3.63, 3.8) is 0 Å².